The van der Waals surface area contributed by atoms with Gasteiger partial charge in [-0.1, -0.05) is 30.3 Å². The maximum atomic E-state index is 13.5. The summed E-state index contributed by atoms with van der Waals surface area (Å²) in [6.07, 6.45) is 0. The first-order chi connectivity index (χ1) is 13.1. The Morgan fingerprint density at radius 2 is 1.67 bits per heavy atom. The van der Waals surface area contributed by atoms with E-state index in [0.29, 0.717) is 6.54 Å². The first-order valence-electron chi connectivity index (χ1n) is 9.09. The molecule has 1 fully saturated rings. The SMILES string of the molecule is O=C(NCCN1CCN(Cc2ccccc2)CC1)Nc1ccc(F)cc1F. The highest BCUT2D eigenvalue weighted by Gasteiger charge is 2.17. The van der Waals surface area contributed by atoms with Crippen LogP contribution in [0.2, 0.25) is 0 Å². The van der Waals surface area contributed by atoms with E-state index in [1.165, 1.54) is 11.6 Å². The van der Waals surface area contributed by atoms with Gasteiger partial charge in [0, 0.05) is 51.9 Å². The third-order valence-electron chi connectivity index (χ3n) is 4.61. The smallest absolute Gasteiger partial charge is 0.319 e. The van der Waals surface area contributed by atoms with Crippen molar-refractivity contribution in [1.82, 2.24) is 15.1 Å². The van der Waals surface area contributed by atoms with Crippen molar-refractivity contribution in [3.05, 3.63) is 65.7 Å². The monoisotopic (exact) mass is 374 g/mol. The maximum Gasteiger partial charge on any atom is 0.319 e. The average Bonchev–Trinajstić information content (AvgIpc) is 2.66. The van der Waals surface area contributed by atoms with E-state index >= 15 is 0 Å². The van der Waals surface area contributed by atoms with Gasteiger partial charge in [-0.25, -0.2) is 13.6 Å². The molecule has 0 unspecified atom stereocenters. The van der Waals surface area contributed by atoms with Gasteiger partial charge >= 0.3 is 6.03 Å². The predicted octanol–water partition coefficient (Wildman–Crippen LogP) is 2.90. The summed E-state index contributed by atoms with van der Waals surface area (Å²) < 4.78 is 26.4. The fourth-order valence-corrected chi connectivity index (χ4v) is 3.10. The number of nitrogens with zero attached hydrogens (tertiary/aromatic N) is 2. The number of carbonyl (C=O) groups excluding carboxylic acids is 1. The highest BCUT2D eigenvalue weighted by atomic mass is 19.1. The molecule has 0 aromatic heterocycles. The van der Waals surface area contributed by atoms with Gasteiger partial charge in [0.25, 0.3) is 0 Å². The van der Waals surface area contributed by atoms with E-state index < -0.39 is 17.7 Å². The highest BCUT2D eigenvalue weighted by molar-refractivity contribution is 5.89. The molecule has 2 amide bonds. The predicted molar refractivity (Wildman–Crippen MR) is 102 cm³/mol. The van der Waals surface area contributed by atoms with Gasteiger partial charge in [0.15, 0.2) is 0 Å². The van der Waals surface area contributed by atoms with E-state index in [1.807, 2.05) is 6.07 Å². The van der Waals surface area contributed by atoms with Crippen LogP contribution in [0.15, 0.2) is 48.5 Å². The van der Waals surface area contributed by atoms with Crippen LogP contribution in [0.3, 0.4) is 0 Å². The lowest BCUT2D eigenvalue weighted by Gasteiger charge is -2.34. The first-order valence-corrected chi connectivity index (χ1v) is 9.09. The second kappa shape index (κ2) is 9.43. The molecular formula is C20H24F2N4O. The quantitative estimate of drug-likeness (QED) is 0.817. The van der Waals surface area contributed by atoms with Crippen molar-refractivity contribution in [2.45, 2.75) is 6.54 Å². The number of piperazine rings is 1. The molecule has 2 aromatic carbocycles. The van der Waals surface area contributed by atoms with Gasteiger partial charge in [-0.15, -0.1) is 0 Å². The number of carbonyl (C=O) groups is 1. The number of rotatable bonds is 6. The van der Waals surface area contributed by atoms with Gasteiger partial charge in [-0.3, -0.25) is 9.80 Å². The number of hydrogen-bond donors (Lipinski definition) is 2. The molecule has 3 rings (SSSR count). The lowest BCUT2D eigenvalue weighted by atomic mass is 10.2. The zero-order valence-corrected chi connectivity index (χ0v) is 15.1. The van der Waals surface area contributed by atoms with Crippen molar-refractivity contribution < 1.29 is 13.6 Å². The van der Waals surface area contributed by atoms with E-state index in [9.17, 15) is 13.6 Å². The Morgan fingerprint density at radius 1 is 0.963 bits per heavy atom. The summed E-state index contributed by atoms with van der Waals surface area (Å²) >= 11 is 0. The van der Waals surface area contributed by atoms with E-state index in [-0.39, 0.29) is 5.69 Å². The van der Waals surface area contributed by atoms with Crippen molar-refractivity contribution in [2.75, 3.05) is 44.6 Å². The lowest BCUT2D eigenvalue weighted by molar-refractivity contribution is 0.128. The summed E-state index contributed by atoms with van der Waals surface area (Å²) in [5.41, 5.74) is 1.28. The fourth-order valence-electron chi connectivity index (χ4n) is 3.10. The van der Waals surface area contributed by atoms with Crippen LogP contribution in [0.25, 0.3) is 0 Å². The molecule has 1 saturated heterocycles. The Kier molecular flexibility index (Phi) is 6.73. The molecule has 27 heavy (non-hydrogen) atoms. The molecule has 5 nitrogen and oxygen atoms in total. The molecule has 0 radical (unpaired) electrons. The Morgan fingerprint density at radius 3 is 2.37 bits per heavy atom. The van der Waals surface area contributed by atoms with E-state index in [1.54, 1.807) is 0 Å². The Labute approximate surface area is 158 Å². The van der Waals surface area contributed by atoms with Crippen LogP contribution in [0.5, 0.6) is 0 Å². The van der Waals surface area contributed by atoms with Crippen LogP contribution in [0.1, 0.15) is 5.56 Å². The second-order valence-electron chi connectivity index (χ2n) is 6.61. The highest BCUT2D eigenvalue weighted by Crippen LogP contribution is 2.14. The molecule has 0 spiro atoms. The normalized spacial score (nSPS) is 15.5. The summed E-state index contributed by atoms with van der Waals surface area (Å²) in [4.78, 5) is 16.5. The minimum absolute atomic E-state index is 0.0385. The summed E-state index contributed by atoms with van der Waals surface area (Å²) in [6, 6.07) is 13.0. The molecule has 0 aliphatic carbocycles. The standard InChI is InChI=1S/C20H24F2N4O/c21-17-6-7-19(18(22)14-17)24-20(27)23-8-9-25-10-12-26(13-11-25)15-16-4-2-1-3-5-16/h1-7,14H,8-13,15H2,(H2,23,24,27). The van der Waals surface area contributed by atoms with Crippen LogP contribution in [0.4, 0.5) is 19.3 Å². The number of halogens is 2. The molecule has 1 aliphatic rings. The largest absolute Gasteiger partial charge is 0.337 e. The zero-order valence-electron chi connectivity index (χ0n) is 15.1. The summed E-state index contributed by atoms with van der Waals surface area (Å²) in [5.74, 6) is -1.47. The van der Waals surface area contributed by atoms with E-state index in [4.69, 9.17) is 0 Å². The number of nitrogens with one attached hydrogen (secondary N) is 2. The summed E-state index contributed by atoms with van der Waals surface area (Å²) in [6.45, 7) is 6.03. The fraction of sp³-hybridized carbons (Fsp3) is 0.350. The number of benzene rings is 2. The van der Waals surface area contributed by atoms with Crippen molar-refractivity contribution in [2.24, 2.45) is 0 Å². The third-order valence-corrected chi connectivity index (χ3v) is 4.61. The Hall–Kier alpha value is -2.51. The van der Waals surface area contributed by atoms with Crippen molar-refractivity contribution >= 4 is 11.7 Å². The number of urea groups is 1. The number of anilines is 1. The molecule has 2 aromatic rings. The first kappa shape index (κ1) is 19.3. The van der Waals surface area contributed by atoms with Crippen LogP contribution in [-0.2, 0) is 6.54 Å². The number of hydrogen-bond acceptors (Lipinski definition) is 3. The average molecular weight is 374 g/mol. The zero-order chi connectivity index (χ0) is 19.1. The second-order valence-corrected chi connectivity index (χ2v) is 6.61. The topological polar surface area (TPSA) is 47.6 Å². The lowest BCUT2D eigenvalue weighted by Crippen LogP contribution is -2.48. The third kappa shape index (κ3) is 6.01. The van der Waals surface area contributed by atoms with E-state index in [0.717, 1.165) is 51.4 Å². The number of amides is 2. The maximum absolute atomic E-state index is 13.5. The summed E-state index contributed by atoms with van der Waals surface area (Å²) in [7, 11) is 0. The van der Waals surface area contributed by atoms with Gasteiger partial charge < -0.3 is 10.6 Å². The van der Waals surface area contributed by atoms with Gasteiger partial charge in [-0.2, -0.15) is 0 Å². The molecule has 1 aliphatic heterocycles. The van der Waals surface area contributed by atoms with E-state index in [2.05, 4.69) is 44.7 Å². The van der Waals surface area contributed by atoms with Crippen molar-refractivity contribution in [3.63, 3.8) is 0 Å². The van der Waals surface area contributed by atoms with Gasteiger partial charge in [-0.05, 0) is 17.7 Å². The van der Waals surface area contributed by atoms with Gasteiger partial charge in [0.2, 0.25) is 0 Å². The molecule has 0 atom stereocenters. The van der Waals surface area contributed by atoms with Crippen LogP contribution in [-0.4, -0.2) is 55.1 Å². The minimum Gasteiger partial charge on any atom is -0.337 e. The van der Waals surface area contributed by atoms with Crippen LogP contribution in [0, 0.1) is 11.6 Å². The summed E-state index contributed by atoms with van der Waals surface area (Å²) in [5, 5.41) is 5.10. The van der Waals surface area contributed by atoms with Crippen LogP contribution < -0.4 is 10.6 Å². The molecule has 0 saturated carbocycles. The Bertz CT molecular complexity index is 749. The van der Waals surface area contributed by atoms with Crippen molar-refractivity contribution in [1.29, 1.82) is 0 Å². The molecule has 0 bridgehead atoms. The van der Waals surface area contributed by atoms with Gasteiger partial charge in [0.1, 0.15) is 11.6 Å². The molecule has 7 heteroatoms. The van der Waals surface area contributed by atoms with Gasteiger partial charge in [0.05, 0.1) is 5.69 Å². The molecule has 144 valence electrons. The molecule has 2 N–H and O–H groups in total. The van der Waals surface area contributed by atoms with Crippen LogP contribution >= 0.6 is 0 Å². The molecular weight excluding hydrogens is 350 g/mol. The minimum atomic E-state index is -0.792. The van der Waals surface area contributed by atoms with Crippen molar-refractivity contribution in [3.8, 4) is 0 Å². The molecule has 1 heterocycles. The Balaban J connectivity index is 1.33.